The van der Waals surface area contributed by atoms with Crippen LogP contribution < -0.4 is 16.1 Å². The Morgan fingerprint density at radius 2 is 1.57 bits per heavy atom. The lowest BCUT2D eigenvalue weighted by molar-refractivity contribution is -0.129. The average Bonchev–Trinajstić information content (AvgIpc) is 2.70. The van der Waals surface area contributed by atoms with Crippen molar-refractivity contribution < 1.29 is 18.8 Å². The number of hydrogen-bond donors (Lipinski definition) is 4. The van der Waals surface area contributed by atoms with Crippen molar-refractivity contribution in [3.63, 3.8) is 0 Å². The van der Waals surface area contributed by atoms with Gasteiger partial charge in [-0.1, -0.05) is 31.0 Å². The smallest absolute Gasteiger partial charge is 0.243 e. The third-order valence-corrected chi connectivity index (χ3v) is 4.45. The van der Waals surface area contributed by atoms with Gasteiger partial charge in [0.25, 0.3) is 0 Å². The van der Waals surface area contributed by atoms with E-state index in [2.05, 4.69) is 10.6 Å². The Hall–Kier alpha value is -2.51. The van der Waals surface area contributed by atoms with Crippen molar-refractivity contribution in [3.05, 3.63) is 65.2 Å². The summed E-state index contributed by atoms with van der Waals surface area (Å²) in [5.41, 5.74) is 3.59. The Kier molecular flexibility index (Phi) is 9.37. The molecule has 0 fully saturated rings. The van der Waals surface area contributed by atoms with E-state index in [0.29, 0.717) is 6.42 Å². The summed E-state index contributed by atoms with van der Waals surface area (Å²) in [5.74, 6) is -1.44. The predicted octanol–water partition coefficient (Wildman–Crippen LogP) is 4.12. The van der Waals surface area contributed by atoms with E-state index in [9.17, 15) is 13.6 Å². The molecule has 0 bridgehead atoms. The van der Waals surface area contributed by atoms with Crippen molar-refractivity contribution in [1.29, 1.82) is 0 Å². The molecule has 0 saturated carbocycles. The molecule has 0 aliphatic heterocycles. The van der Waals surface area contributed by atoms with E-state index in [1.165, 1.54) is 18.2 Å². The van der Waals surface area contributed by atoms with Crippen LogP contribution in [0.1, 0.15) is 43.2 Å². The van der Waals surface area contributed by atoms with Gasteiger partial charge in [-0.25, -0.2) is 14.3 Å². The summed E-state index contributed by atoms with van der Waals surface area (Å²) in [6.45, 7) is 1.73. The lowest BCUT2D eigenvalue weighted by Crippen LogP contribution is -2.17. The molecule has 0 radical (unpaired) electrons. The highest BCUT2D eigenvalue weighted by molar-refractivity contribution is 5.74. The molecule has 28 heavy (non-hydrogen) atoms. The summed E-state index contributed by atoms with van der Waals surface area (Å²) in [7, 11) is 0. The van der Waals surface area contributed by atoms with Crippen LogP contribution in [0.4, 0.5) is 14.5 Å². The Morgan fingerprint density at radius 3 is 2.25 bits per heavy atom. The summed E-state index contributed by atoms with van der Waals surface area (Å²) in [4.78, 5) is 10.9. The molecule has 0 aromatic heterocycles. The number of carbonyl (C=O) groups excluding carboxylic acids is 1. The maximum Gasteiger partial charge on any atom is 0.243 e. The molecule has 4 N–H and O–H groups in total. The van der Waals surface area contributed by atoms with Crippen molar-refractivity contribution in [3.8, 4) is 0 Å². The van der Waals surface area contributed by atoms with Gasteiger partial charge in [-0.05, 0) is 49.2 Å². The monoisotopic (exact) mass is 391 g/mol. The van der Waals surface area contributed by atoms with E-state index in [1.807, 2.05) is 24.3 Å². The molecule has 0 atom stereocenters. The van der Waals surface area contributed by atoms with Gasteiger partial charge in [-0.2, -0.15) is 0 Å². The van der Waals surface area contributed by atoms with Crippen molar-refractivity contribution in [2.45, 2.75) is 45.2 Å². The van der Waals surface area contributed by atoms with Crippen molar-refractivity contribution in [1.82, 2.24) is 10.8 Å². The van der Waals surface area contributed by atoms with Gasteiger partial charge in [0.2, 0.25) is 5.91 Å². The molecule has 2 aromatic carbocycles. The predicted molar refractivity (Wildman–Crippen MR) is 105 cm³/mol. The first kappa shape index (κ1) is 21.8. The molecule has 0 saturated heterocycles. The van der Waals surface area contributed by atoms with E-state index in [-0.39, 0.29) is 18.0 Å². The first-order valence-corrected chi connectivity index (χ1v) is 9.49. The second kappa shape index (κ2) is 12.0. The van der Waals surface area contributed by atoms with Gasteiger partial charge in [0.1, 0.15) is 11.6 Å². The third-order valence-electron chi connectivity index (χ3n) is 4.45. The Morgan fingerprint density at radius 1 is 0.893 bits per heavy atom. The quantitative estimate of drug-likeness (QED) is 0.249. The minimum atomic E-state index is -0.551. The van der Waals surface area contributed by atoms with Crippen molar-refractivity contribution in [2.24, 2.45) is 0 Å². The first-order chi connectivity index (χ1) is 13.6. The van der Waals surface area contributed by atoms with E-state index in [0.717, 1.165) is 50.0 Å². The van der Waals surface area contributed by atoms with Gasteiger partial charge in [0.05, 0.1) is 0 Å². The van der Waals surface area contributed by atoms with Gasteiger partial charge in [-0.3, -0.25) is 10.0 Å². The molecule has 0 aliphatic rings. The molecule has 2 rings (SSSR count). The molecule has 0 heterocycles. The normalized spacial score (nSPS) is 10.7. The number of anilines is 1. The van der Waals surface area contributed by atoms with E-state index in [4.69, 9.17) is 5.21 Å². The summed E-state index contributed by atoms with van der Waals surface area (Å²) in [6.07, 6.45) is 4.14. The Balaban J connectivity index is 1.61. The van der Waals surface area contributed by atoms with Gasteiger partial charge < -0.3 is 10.6 Å². The Labute approximate surface area is 164 Å². The van der Waals surface area contributed by atoms with Gasteiger partial charge in [0, 0.05) is 30.8 Å². The minimum Gasteiger partial charge on any atom is -0.381 e. The van der Waals surface area contributed by atoms with Crippen LogP contribution in [0.3, 0.4) is 0 Å². The van der Waals surface area contributed by atoms with Crippen LogP contribution in [-0.4, -0.2) is 17.7 Å². The molecule has 7 heteroatoms. The summed E-state index contributed by atoms with van der Waals surface area (Å²) in [6, 6.07) is 11.6. The standard InChI is InChI=1S/C21H27F2N3O2/c22-19-6-5-7-20(23)18(19)15-25-17-11-9-16(10-12-17)14-24-13-4-2-1-3-8-21(27)26-28/h5-7,9-12,24-25,28H,1-4,8,13-15H2,(H,26,27). The number of unbranched alkanes of at least 4 members (excludes halogenated alkanes) is 3. The number of amides is 1. The number of benzene rings is 2. The lowest BCUT2D eigenvalue weighted by atomic mass is 10.1. The molecular weight excluding hydrogens is 364 g/mol. The number of hydrogen-bond acceptors (Lipinski definition) is 4. The number of rotatable bonds is 12. The van der Waals surface area contributed by atoms with E-state index in [1.54, 1.807) is 5.48 Å². The fourth-order valence-corrected chi connectivity index (χ4v) is 2.81. The first-order valence-electron chi connectivity index (χ1n) is 9.49. The van der Waals surface area contributed by atoms with E-state index < -0.39 is 11.6 Å². The average molecular weight is 391 g/mol. The highest BCUT2D eigenvalue weighted by atomic mass is 19.1. The molecular formula is C21H27F2N3O2. The molecule has 5 nitrogen and oxygen atoms in total. The fourth-order valence-electron chi connectivity index (χ4n) is 2.81. The van der Waals surface area contributed by atoms with Crippen LogP contribution in [0.2, 0.25) is 0 Å². The van der Waals surface area contributed by atoms with Gasteiger partial charge in [-0.15, -0.1) is 0 Å². The molecule has 0 aliphatic carbocycles. The molecule has 2 aromatic rings. The maximum absolute atomic E-state index is 13.6. The van der Waals surface area contributed by atoms with Gasteiger partial charge >= 0.3 is 0 Å². The zero-order valence-electron chi connectivity index (χ0n) is 15.8. The maximum atomic E-state index is 13.6. The van der Waals surface area contributed by atoms with Gasteiger partial charge in [0.15, 0.2) is 0 Å². The molecule has 1 amide bonds. The lowest BCUT2D eigenvalue weighted by Gasteiger charge is -2.10. The SMILES string of the molecule is O=C(CCCCCCNCc1ccc(NCc2c(F)cccc2F)cc1)NO. The highest BCUT2D eigenvalue weighted by Gasteiger charge is 2.07. The Bertz CT molecular complexity index is 719. The van der Waals surface area contributed by atoms with Crippen molar-refractivity contribution >= 4 is 11.6 Å². The number of halogens is 2. The van der Waals surface area contributed by atoms with Crippen LogP contribution in [0.15, 0.2) is 42.5 Å². The highest BCUT2D eigenvalue weighted by Crippen LogP contribution is 2.15. The third kappa shape index (κ3) is 7.62. The fraction of sp³-hybridized carbons (Fsp3) is 0.381. The second-order valence-electron chi connectivity index (χ2n) is 6.63. The summed E-state index contributed by atoms with van der Waals surface area (Å²) in [5, 5.41) is 14.8. The van der Waals surface area contributed by atoms with Crippen LogP contribution in [-0.2, 0) is 17.9 Å². The number of carbonyl (C=O) groups is 1. The zero-order valence-corrected chi connectivity index (χ0v) is 15.8. The minimum absolute atomic E-state index is 0.0326. The summed E-state index contributed by atoms with van der Waals surface area (Å²) < 4.78 is 27.2. The number of nitrogens with one attached hydrogen (secondary N) is 3. The zero-order chi connectivity index (χ0) is 20.2. The van der Waals surface area contributed by atoms with Crippen LogP contribution in [0.5, 0.6) is 0 Å². The second-order valence-corrected chi connectivity index (χ2v) is 6.63. The molecule has 0 unspecified atom stereocenters. The largest absolute Gasteiger partial charge is 0.381 e. The molecule has 0 spiro atoms. The molecule has 152 valence electrons. The van der Waals surface area contributed by atoms with Crippen molar-refractivity contribution in [2.75, 3.05) is 11.9 Å². The summed E-state index contributed by atoms with van der Waals surface area (Å²) >= 11 is 0. The topological polar surface area (TPSA) is 73.4 Å². The number of hydroxylamine groups is 1. The van der Waals surface area contributed by atoms with E-state index >= 15 is 0 Å². The van der Waals surface area contributed by atoms with Crippen LogP contribution in [0.25, 0.3) is 0 Å². The van der Waals surface area contributed by atoms with Crippen LogP contribution in [0, 0.1) is 11.6 Å². The van der Waals surface area contributed by atoms with Crippen LogP contribution >= 0.6 is 0 Å².